The van der Waals surface area contributed by atoms with Gasteiger partial charge in [0.25, 0.3) is 0 Å². The minimum Gasteiger partial charge on any atom is -0.462 e. The smallest absolute Gasteiger partial charge is 0.333 e. The van der Waals surface area contributed by atoms with Crippen molar-refractivity contribution in [1.29, 1.82) is 0 Å². The Labute approximate surface area is 207 Å². The molecule has 0 heterocycles. The monoisotopic (exact) mass is 502 g/mol. The number of carbonyl (C=O) groups is 2. The minimum absolute atomic E-state index is 0.347. The van der Waals surface area contributed by atoms with Crippen LogP contribution in [0.4, 0.5) is 0 Å². The lowest BCUT2D eigenvalue weighted by molar-refractivity contribution is -0.139. The second kappa shape index (κ2) is 20.9. The first-order chi connectivity index (χ1) is 16.2. The molecule has 0 aromatic heterocycles. The zero-order valence-electron chi connectivity index (χ0n) is 21.7. The third kappa shape index (κ3) is 18.9. The summed E-state index contributed by atoms with van der Waals surface area (Å²) in [6, 6.07) is 0. The highest BCUT2D eigenvalue weighted by atomic mass is 31.2. The van der Waals surface area contributed by atoms with Crippen LogP contribution in [0.1, 0.15) is 97.8 Å². The molecule has 0 aromatic rings. The summed E-state index contributed by atoms with van der Waals surface area (Å²) in [6.07, 6.45) is 11.6. The maximum Gasteiger partial charge on any atom is 0.333 e. The summed E-state index contributed by atoms with van der Waals surface area (Å²) >= 11 is 0. The van der Waals surface area contributed by atoms with Gasteiger partial charge in [0.2, 0.25) is 0 Å². The molecule has 0 spiro atoms. The van der Waals surface area contributed by atoms with Crippen molar-refractivity contribution in [2.75, 3.05) is 32.6 Å². The number of carbonyl (C=O) groups excluding carboxylic acids is 2. The van der Waals surface area contributed by atoms with E-state index in [2.05, 4.69) is 20.1 Å². The molecular weight excluding hydrogens is 455 g/mol. The number of hydrogen-bond acceptors (Lipinski definition) is 7. The molecule has 0 atom stereocenters. The van der Waals surface area contributed by atoms with Crippen molar-refractivity contribution in [3.05, 3.63) is 24.3 Å². The molecular formula is C26H47O7P. The van der Waals surface area contributed by atoms with E-state index in [4.69, 9.17) is 18.5 Å². The van der Waals surface area contributed by atoms with Crippen LogP contribution in [0.2, 0.25) is 0 Å². The predicted octanol–water partition coefficient (Wildman–Crippen LogP) is 7.15. The van der Waals surface area contributed by atoms with E-state index in [1.807, 2.05) is 0 Å². The molecule has 0 unspecified atom stereocenters. The molecule has 0 saturated heterocycles. The van der Waals surface area contributed by atoms with Gasteiger partial charge in [0.05, 0.1) is 32.6 Å². The molecule has 0 rings (SSSR count). The molecule has 7 nitrogen and oxygen atoms in total. The lowest BCUT2D eigenvalue weighted by Crippen LogP contribution is -2.07. The molecule has 0 fully saturated rings. The number of hydrogen-bond donors (Lipinski definition) is 0. The van der Waals surface area contributed by atoms with Gasteiger partial charge in [0.15, 0.2) is 0 Å². The fourth-order valence-electron chi connectivity index (χ4n) is 3.00. The summed E-state index contributed by atoms with van der Waals surface area (Å²) in [4.78, 5) is 22.7. The fraction of sp³-hybridized carbons (Fsp3) is 0.769. The van der Waals surface area contributed by atoms with E-state index >= 15 is 0 Å². The van der Waals surface area contributed by atoms with Gasteiger partial charge in [-0.1, -0.05) is 52.2 Å². The Kier molecular flexibility index (Phi) is 20.0. The largest absolute Gasteiger partial charge is 0.462 e. The van der Waals surface area contributed by atoms with Crippen LogP contribution in [0.3, 0.4) is 0 Å². The Morgan fingerprint density at radius 1 is 0.618 bits per heavy atom. The van der Waals surface area contributed by atoms with Gasteiger partial charge in [-0.15, -0.1) is 0 Å². The van der Waals surface area contributed by atoms with Crippen LogP contribution < -0.4 is 0 Å². The number of rotatable bonds is 23. The molecule has 0 N–H and O–H groups in total. The minimum atomic E-state index is -3.14. The lowest BCUT2D eigenvalue weighted by Gasteiger charge is -2.19. The van der Waals surface area contributed by atoms with Crippen LogP contribution in [0.15, 0.2) is 24.3 Å². The average molecular weight is 503 g/mol. The summed E-state index contributed by atoms with van der Waals surface area (Å²) in [5.74, 6) is -0.746. The maximum absolute atomic E-state index is 13.2. The lowest BCUT2D eigenvalue weighted by atomic mass is 10.1. The predicted molar refractivity (Wildman–Crippen MR) is 137 cm³/mol. The molecule has 0 aliphatic carbocycles. The van der Waals surface area contributed by atoms with Crippen LogP contribution in [0.5, 0.6) is 0 Å². The molecule has 0 amide bonds. The van der Waals surface area contributed by atoms with Crippen LogP contribution in [-0.4, -0.2) is 44.5 Å². The van der Waals surface area contributed by atoms with Gasteiger partial charge in [-0.25, -0.2) is 9.59 Å². The third-order valence-electron chi connectivity index (χ3n) is 5.10. The Morgan fingerprint density at radius 3 is 1.44 bits per heavy atom. The quantitative estimate of drug-likeness (QED) is 0.0634. The first kappa shape index (κ1) is 32.6. The van der Waals surface area contributed by atoms with Crippen LogP contribution >= 0.6 is 7.60 Å². The van der Waals surface area contributed by atoms with Crippen molar-refractivity contribution in [3.63, 3.8) is 0 Å². The normalized spacial score (nSPS) is 11.3. The highest BCUT2D eigenvalue weighted by Gasteiger charge is 2.23. The molecule has 0 aromatic carbocycles. The highest BCUT2D eigenvalue weighted by Crippen LogP contribution is 2.49. The van der Waals surface area contributed by atoms with Crippen molar-refractivity contribution in [2.24, 2.45) is 0 Å². The highest BCUT2D eigenvalue weighted by molar-refractivity contribution is 7.53. The van der Waals surface area contributed by atoms with E-state index in [0.29, 0.717) is 43.7 Å². The molecule has 8 heteroatoms. The fourth-order valence-corrected chi connectivity index (χ4v) is 4.76. The maximum atomic E-state index is 13.2. The van der Waals surface area contributed by atoms with Gasteiger partial charge in [0, 0.05) is 11.1 Å². The van der Waals surface area contributed by atoms with E-state index in [-0.39, 0.29) is 11.9 Å². The first-order valence-corrected chi connectivity index (χ1v) is 14.5. The van der Waals surface area contributed by atoms with Gasteiger partial charge in [-0.05, 0) is 58.8 Å². The van der Waals surface area contributed by atoms with Gasteiger partial charge in [-0.2, -0.15) is 0 Å². The van der Waals surface area contributed by atoms with Crippen LogP contribution in [0, 0.1) is 0 Å². The van der Waals surface area contributed by atoms with Gasteiger partial charge < -0.3 is 18.5 Å². The molecule has 0 aliphatic rings. The summed E-state index contributed by atoms with van der Waals surface area (Å²) < 4.78 is 34.8. The molecule has 0 bridgehead atoms. The number of unbranched alkanes of at least 4 members (excludes halogenated alkanes) is 9. The third-order valence-corrected chi connectivity index (χ3v) is 7.12. The van der Waals surface area contributed by atoms with Crippen molar-refractivity contribution in [2.45, 2.75) is 97.8 Å². The molecule has 0 saturated carbocycles. The molecule has 0 aliphatic heterocycles. The van der Waals surface area contributed by atoms with Crippen molar-refractivity contribution < 1.29 is 32.7 Å². The molecule has 34 heavy (non-hydrogen) atoms. The molecule has 0 radical (unpaired) electrons. The second-order valence-corrected chi connectivity index (χ2v) is 10.9. The Morgan fingerprint density at radius 2 is 1.00 bits per heavy atom. The summed E-state index contributed by atoms with van der Waals surface area (Å²) in [5, 5.41) is 0. The Bertz CT molecular complexity index is 601. The summed E-state index contributed by atoms with van der Waals surface area (Å²) in [6.45, 7) is 13.9. The standard InChI is InChI=1S/C26H47O7P/c1-6-7-8-9-10-17-22-34(29,32-20-15-11-13-18-30-25(27)23(2)3)33-21-16-12-14-19-31-26(28)24(4)5/h2,4,6-22H2,1,3,5H3. The first-order valence-electron chi connectivity index (χ1n) is 12.7. The van der Waals surface area contributed by atoms with Crippen molar-refractivity contribution in [3.8, 4) is 0 Å². The molecule has 198 valence electrons. The Balaban J connectivity index is 4.22. The zero-order valence-corrected chi connectivity index (χ0v) is 22.6. The van der Waals surface area contributed by atoms with Gasteiger partial charge in [0.1, 0.15) is 0 Å². The van der Waals surface area contributed by atoms with Crippen LogP contribution in [-0.2, 0) is 32.7 Å². The summed E-state index contributed by atoms with van der Waals surface area (Å²) in [5.41, 5.74) is 0.785. The van der Waals surface area contributed by atoms with Crippen LogP contribution in [0.25, 0.3) is 0 Å². The van der Waals surface area contributed by atoms with Gasteiger partial charge >= 0.3 is 19.5 Å². The van der Waals surface area contributed by atoms with E-state index in [0.717, 1.165) is 57.8 Å². The van der Waals surface area contributed by atoms with E-state index < -0.39 is 7.60 Å². The van der Waals surface area contributed by atoms with Crippen molar-refractivity contribution >= 4 is 19.5 Å². The topological polar surface area (TPSA) is 88.1 Å². The van der Waals surface area contributed by atoms with E-state index in [9.17, 15) is 14.2 Å². The zero-order chi connectivity index (χ0) is 25.7. The van der Waals surface area contributed by atoms with E-state index in [1.54, 1.807) is 13.8 Å². The SMILES string of the molecule is C=C(C)C(=O)OCCCCCOP(=O)(CCCCCCCC)OCCCCCOC(=O)C(=C)C. The Hall–Kier alpha value is -1.43. The van der Waals surface area contributed by atoms with Crippen molar-refractivity contribution in [1.82, 2.24) is 0 Å². The number of esters is 2. The summed E-state index contributed by atoms with van der Waals surface area (Å²) in [7, 11) is -3.14. The second-order valence-electron chi connectivity index (χ2n) is 8.72. The average Bonchev–Trinajstić information content (AvgIpc) is 2.79. The van der Waals surface area contributed by atoms with Gasteiger partial charge in [-0.3, -0.25) is 4.57 Å². The number of ether oxygens (including phenoxy) is 2. The van der Waals surface area contributed by atoms with E-state index in [1.165, 1.54) is 19.3 Å².